The number of ether oxygens (including phenoxy) is 4. The molecule has 0 spiro atoms. The second-order valence-corrected chi connectivity index (χ2v) is 4.77. The molecule has 3 rings (SSSR count). The lowest BCUT2D eigenvalue weighted by Crippen LogP contribution is -2.10. The molecule has 4 nitrogen and oxygen atoms in total. The van der Waals surface area contributed by atoms with Crippen LogP contribution in [0, 0.1) is 0 Å². The molecule has 2 aliphatic rings. The van der Waals surface area contributed by atoms with Gasteiger partial charge in [0.25, 0.3) is 0 Å². The molecular weight excluding hydrogens is 244 g/mol. The standard InChI is InChI=1S/C15H18O4/c1-2-4-11-5-3-6-14(18-9-12-7-16-12)15(11)19-10-13-8-17-13/h2-3,5-6,12-13H,1,4,7-10H2. The zero-order valence-corrected chi connectivity index (χ0v) is 10.8. The molecule has 0 saturated carbocycles. The van der Waals surface area contributed by atoms with Gasteiger partial charge in [-0.1, -0.05) is 18.2 Å². The fraction of sp³-hybridized carbons (Fsp3) is 0.467. The molecule has 2 unspecified atom stereocenters. The van der Waals surface area contributed by atoms with Gasteiger partial charge >= 0.3 is 0 Å². The Balaban J connectivity index is 1.72. The Morgan fingerprint density at radius 3 is 2.47 bits per heavy atom. The van der Waals surface area contributed by atoms with E-state index in [4.69, 9.17) is 18.9 Å². The van der Waals surface area contributed by atoms with E-state index < -0.39 is 0 Å². The summed E-state index contributed by atoms with van der Waals surface area (Å²) < 4.78 is 22.0. The first kappa shape index (κ1) is 12.5. The molecule has 0 N–H and O–H groups in total. The van der Waals surface area contributed by atoms with E-state index in [1.54, 1.807) is 0 Å². The number of epoxide rings is 2. The molecule has 2 heterocycles. The Labute approximate surface area is 112 Å². The van der Waals surface area contributed by atoms with Gasteiger partial charge in [0, 0.05) is 5.56 Å². The molecule has 0 bridgehead atoms. The summed E-state index contributed by atoms with van der Waals surface area (Å²) in [4.78, 5) is 0. The number of hydrogen-bond acceptors (Lipinski definition) is 4. The van der Waals surface area contributed by atoms with Crippen LogP contribution in [0.1, 0.15) is 5.56 Å². The summed E-state index contributed by atoms with van der Waals surface area (Å²) in [5, 5.41) is 0. The monoisotopic (exact) mass is 262 g/mol. The first-order valence-corrected chi connectivity index (χ1v) is 6.58. The minimum atomic E-state index is 0.233. The highest BCUT2D eigenvalue weighted by atomic mass is 16.6. The quantitative estimate of drug-likeness (QED) is 0.530. The third-order valence-corrected chi connectivity index (χ3v) is 3.07. The van der Waals surface area contributed by atoms with E-state index in [0.29, 0.717) is 13.2 Å². The van der Waals surface area contributed by atoms with Crippen LogP contribution in [0.15, 0.2) is 30.9 Å². The molecule has 1 aromatic carbocycles. The van der Waals surface area contributed by atoms with Crippen LogP contribution in [-0.4, -0.2) is 38.6 Å². The van der Waals surface area contributed by atoms with Crippen molar-refractivity contribution in [1.82, 2.24) is 0 Å². The van der Waals surface area contributed by atoms with Gasteiger partial charge in [0.05, 0.1) is 13.2 Å². The van der Waals surface area contributed by atoms with Gasteiger partial charge in [-0.15, -0.1) is 6.58 Å². The molecule has 1 aromatic rings. The highest BCUT2D eigenvalue weighted by Gasteiger charge is 2.26. The zero-order valence-electron chi connectivity index (χ0n) is 10.8. The molecule has 2 atom stereocenters. The van der Waals surface area contributed by atoms with Crippen LogP contribution in [0.4, 0.5) is 0 Å². The molecular formula is C15H18O4. The normalized spacial score (nSPS) is 23.8. The van der Waals surface area contributed by atoms with Crippen molar-refractivity contribution in [2.75, 3.05) is 26.4 Å². The zero-order chi connectivity index (χ0) is 13.1. The SMILES string of the molecule is C=CCc1cccc(OCC2CO2)c1OCC1CO1. The van der Waals surface area contributed by atoms with Crippen LogP contribution < -0.4 is 9.47 Å². The lowest BCUT2D eigenvalue weighted by atomic mass is 10.1. The second-order valence-electron chi connectivity index (χ2n) is 4.77. The van der Waals surface area contributed by atoms with Crippen molar-refractivity contribution in [2.24, 2.45) is 0 Å². The summed E-state index contributed by atoms with van der Waals surface area (Å²) in [5.74, 6) is 1.58. The maximum absolute atomic E-state index is 5.86. The van der Waals surface area contributed by atoms with Crippen LogP contribution >= 0.6 is 0 Å². The van der Waals surface area contributed by atoms with Crippen LogP contribution in [0.25, 0.3) is 0 Å². The Morgan fingerprint density at radius 2 is 1.84 bits per heavy atom. The largest absolute Gasteiger partial charge is 0.487 e. The van der Waals surface area contributed by atoms with E-state index in [2.05, 4.69) is 6.58 Å². The molecule has 0 radical (unpaired) electrons. The molecule has 102 valence electrons. The Morgan fingerprint density at radius 1 is 1.16 bits per heavy atom. The smallest absolute Gasteiger partial charge is 0.164 e. The van der Waals surface area contributed by atoms with E-state index in [9.17, 15) is 0 Å². The van der Waals surface area contributed by atoms with Crippen molar-refractivity contribution >= 4 is 0 Å². The van der Waals surface area contributed by atoms with Crippen LogP contribution in [-0.2, 0) is 15.9 Å². The Hall–Kier alpha value is -1.52. The highest BCUT2D eigenvalue weighted by Crippen LogP contribution is 2.33. The number of benzene rings is 1. The summed E-state index contributed by atoms with van der Waals surface area (Å²) in [7, 11) is 0. The second kappa shape index (κ2) is 5.63. The lowest BCUT2D eigenvalue weighted by Gasteiger charge is -2.15. The van der Waals surface area contributed by atoms with E-state index in [0.717, 1.165) is 36.7 Å². The molecule has 0 aromatic heterocycles. The minimum Gasteiger partial charge on any atom is -0.487 e. The van der Waals surface area contributed by atoms with Gasteiger partial charge in [-0.3, -0.25) is 0 Å². The maximum atomic E-state index is 5.86. The van der Waals surface area contributed by atoms with Gasteiger partial charge in [0.2, 0.25) is 0 Å². The van der Waals surface area contributed by atoms with Crippen molar-refractivity contribution in [3.8, 4) is 11.5 Å². The molecule has 2 aliphatic heterocycles. The molecule has 0 amide bonds. The average Bonchev–Trinajstić information content (AvgIpc) is 3.28. The van der Waals surface area contributed by atoms with Gasteiger partial charge < -0.3 is 18.9 Å². The van der Waals surface area contributed by atoms with Crippen molar-refractivity contribution in [3.63, 3.8) is 0 Å². The third kappa shape index (κ3) is 3.49. The van der Waals surface area contributed by atoms with Gasteiger partial charge in [0.1, 0.15) is 25.4 Å². The average molecular weight is 262 g/mol. The van der Waals surface area contributed by atoms with Gasteiger partial charge in [0.15, 0.2) is 11.5 Å². The number of para-hydroxylation sites is 1. The fourth-order valence-electron chi connectivity index (χ4n) is 1.84. The van der Waals surface area contributed by atoms with Crippen LogP contribution in [0.2, 0.25) is 0 Å². The number of allylic oxidation sites excluding steroid dienone is 1. The van der Waals surface area contributed by atoms with Crippen LogP contribution in [0.5, 0.6) is 11.5 Å². The van der Waals surface area contributed by atoms with Crippen molar-refractivity contribution < 1.29 is 18.9 Å². The number of hydrogen-bond donors (Lipinski definition) is 0. The van der Waals surface area contributed by atoms with Crippen LogP contribution in [0.3, 0.4) is 0 Å². The van der Waals surface area contributed by atoms with E-state index in [1.165, 1.54) is 0 Å². The topological polar surface area (TPSA) is 43.5 Å². The Bertz CT molecular complexity index is 449. The molecule has 19 heavy (non-hydrogen) atoms. The predicted molar refractivity (Wildman–Crippen MR) is 70.8 cm³/mol. The summed E-state index contributed by atoms with van der Waals surface area (Å²) in [5.41, 5.74) is 1.09. The van der Waals surface area contributed by atoms with Gasteiger partial charge in [-0.2, -0.15) is 0 Å². The highest BCUT2D eigenvalue weighted by molar-refractivity contribution is 5.47. The molecule has 2 saturated heterocycles. The minimum absolute atomic E-state index is 0.233. The predicted octanol–water partition coefficient (Wildman–Crippen LogP) is 1.97. The molecule has 0 aliphatic carbocycles. The fourth-order valence-corrected chi connectivity index (χ4v) is 1.84. The summed E-state index contributed by atoms with van der Waals surface area (Å²) in [6.07, 6.45) is 3.10. The lowest BCUT2D eigenvalue weighted by molar-refractivity contribution is 0.227. The van der Waals surface area contributed by atoms with Gasteiger partial charge in [-0.05, 0) is 12.5 Å². The van der Waals surface area contributed by atoms with E-state index in [-0.39, 0.29) is 12.2 Å². The van der Waals surface area contributed by atoms with Gasteiger partial charge in [-0.25, -0.2) is 0 Å². The Kier molecular flexibility index (Phi) is 3.71. The van der Waals surface area contributed by atoms with Crippen molar-refractivity contribution in [3.05, 3.63) is 36.4 Å². The first-order valence-electron chi connectivity index (χ1n) is 6.58. The van der Waals surface area contributed by atoms with E-state index >= 15 is 0 Å². The summed E-state index contributed by atoms with van der Waals surface area (Å²) in [6.45, 7) is 6.51. The molecule has 4 heteroatoms. The maximum Gasteiger partial charge on any atom is 0.164 e. The summed E-state index contributed by atoms with van der Waals surface area (Å²) in [6, 6.07) is 5.94. The molecule has 2 fully saturated rings. The van der Waals surface area contributed by atoms with Crippen molar-refractivity contribution in [1.29, 1.82) is 0 Å². The summed E-state index contributed by atoms with van der Waals surface area (Å²) >= 11 is 0. The first-order chi connectivity index (χ1) is 9.36. The van der Waals surface area contributed by atoms with Crippen molar-refractivity contribution in [2.45, 2.75) is 18.6 Å². The number of rotatable bonds is 8. The third-order valence-electron chi connectivity index (χ3n) is 3.07. The van der Waals surface area contributed by atoms with E-state index in [1.807, 2.05) is 24.3 Å².